The normalized spacial score (nSPS) is 13.8. The smallest absolute Gasteiger partial charge is 0.113 e. The van der Waals surface area contributed by atoms with Crippen molar-refractivity contribution in [2.75, 3.05) is 0 Å². The molecule has 1 aliphatic heterocycles. The van der Waals surface area contributed by atoms with Crippen LogP contribution in [0.2, 0.25) is 0 Å². The molecule has 0 aliphatic carbocycles. The summed E-state index contributed by atoms with van der Waals surface area (Å²) in [6.07, 6.45) is 4.86. The van der Waals surface area contributed by atoms with Gasteiger partial charge in [0.25, 0.3) is 0 Å². The molecule has 0 saturated heterocycles. The minimum absolute atomic E-state index is 0.722. The van der Waals surface area contributed by atoms with Crippen molar-refractivity contribution in [2.45, 2.75) is 20.0 Å². The molecule has 1 heterocycles. The third-order valence-corrected chi connectivity index (χ3v) is 2.20. The fraction of sp³-hybridized carbons (Fsp3) is 0.273. The van der Waals surface area contributed by atoms with E-state index in [9.17, 15) is 0 Å². The molecule has 1 nitrogen and oxygen atoms in total. The number of aryl methyl sites for hydroxylation is 1. The molecule has 12 heavy (non-hydrogen) atoms. The van der Waals surface area contributed by atoms with Gasteiger partial charge in [-0.25, -0.2) is 0 Å². The number of benzene rings is 1. The molecular weight excluding hydrogens is 148 g/mol. The maximum Gasteiger partial charge on any atom is 0.113 e. The molecule has 0 amide bonds. The van der Waals surface area contributed by atoms with Gasteiger partial charge in [-0.2, -0.15) is 0 Å². The minimum atomic E-state index is 0.722. The highest BCUT2D eigenvalue weighted by molar-refractivity contribution is 5.55. The molecule has 1 aromatic carbocycles. The largest absolute Gasteiger partial charge is 0.496 e. The summed E-state index contributed by atoms with van der Waals surface area (Å²) in [5, 5.41) is 0. The average Bonchev–Trinajstić information content (AvgIpc) is 2.17. The standard InChI is InChI=1S/C11H12O/c1-2-9-3-4-10-5-6-12-8-11(10)7-9/h3-7H,2,8H2,1H3. The van der Waals surface area contributed by atoms with Gasteiger partial charge in [-0.3, -0.25) is 0 Å². The summed E-state index contributed by atoms with van der Waals surface area (Å²) in [7, 11) is 0. The molecule has 0 bridgehead atoms. The van der Waals surface area contributed by atoms with Crippen LogP contribution >= 0.6 is 0 Å². The molecule has 0 unspecified atom stereocenters. The highest BCUT2D eigenvalue weighted by atomic mass is 16.5. The summed E-state index contributed by atoms with van der Waals surface area (Å²) < 4.78 is 5.21. The summed E-state index contributed by atoms with van der Waals surface area (Å²) in [6, 6.07) is 6.56. The Morgan fingerprint density at radius 2 is 2.33 bits per heavy atom. The molecule has 0 spiro atoms. The Kier molecular flexibility index (Phi) is 1.86. The van der Waals surface area contributed by atoms with E-state index in [-0.39, 0.29) is 0 Å². The maximum absolute atomic E-state index is 5.21. The van der Waals surface area contributed by atoms with Crippen molar-refractivity contribution < 1.29 is 4.74 Å². The van der Waals surface area contributed by atoms with E-state index in [0.717, 1.165) is 13.0 Å². The molecule has 0 radical (unpaired) electrons. The van der Waals surface area contributed by atoms with Crippen molar-refractivity contribution in [2.24, 2.45) is 0 Å². The topological polar surface area (TPSA) is 9.23 Å². The van der Waals surface area contributed by atoms with E-state index in [1.165, 1.54) is 16.7 Å². The molecule has 1 aliphatic rings. The fourth-order valence-corrected chi connectivity index (χ4v) is 1.43. The van der Waals surface area contributed by atoms with Gasteiger partial charge in [0.15, 0.2) is 0 Å². The molecule has 0 fully saturated rings. The fourth-order valence-electron chi connectivity index (χ4n) is 1.43. The Bertz CT molecular complexity index is 313. The maximum atomic E-state index is 5.21. The van der Waals surface area contributed by atoms with Gasteiger partial charge in [-0.1, -0.05) is 25.1 Å². The molecule has 2 rings (SSSR count). The highest BCUT2D eigenvalue weighted by Gasteiger charge is 2.04. The van der Waals surface area contributed by atoms with Gasteiger partial charge in [0.1, 0.15) is 6.61 Å². The lowest BCUT2D eigenvalue weighted by molar-refractivity contribution is 0.234. The van der Waals surface area contributed by atoms with Crippen LogP contribution in [0.15, 0.2) is 24.5 Å². The molecule has 0 aromatic heterocycles. The number of rotatable bonds is 1. The molecule has 1 aromatic rings. The lowest BCUT2D eigenvalue weighted by atomic mass is 10.0. The third-order valence-electron chi connectivity index (χ3n) is 2.20. The van der Waals surface area contributed by atoms with Crippen molar-refractivity contribution >= 4 is 6.08 Å². The van der Waals surface area contributed by atoms with E-state index < -0.39 is 0 Å². The van der Waals surface area contributed by atoms with Gasteiger partial charge >= 0.3 is 0 Å². The lowest BCUT2D eigenvalue weighted by Gasteiger charge is -2.12. The monoisotopic (exact) mass is 160 g/mol. The molecule has 0 N–H and O–H groups in total. The summed E-state index contributed by atoms with van der Waals surface area (Å²) in [5.74, 6) is 0. The Morgan fingerprint density at radius 1 is 1.42 bits per heavy atom. The average molecular weight is 160 g/mol. The van der Waals surface area contributed by atoms with E-state index in [4.69, 9.17) is 4.74 Å². The van der Waals surface area contributed by atoms with Gasteiger partial charge in [0.2, 0.25) is 0 Å². The van der Waals surface area contributed by atoms with Crippen LogP contribution in [0.4, 0.5) is 0 Å². The zero-order valence-corrected chi connectivity index (χ0v) is 7.21. The Morgan fingerprint density at radius 3 is 3.17 bits per heavy atom. The quantitative estimate of drug-likeness (QED) is 0.613. The van der Waals surface area contributed by atoms with Gasteiger partial charge < -0.3 is 4.74 Å². The van der Waals surface area contributed by atoms with Crippen molar-refractivity contribution in [1.29, 1.82) is 0 Å². The number of hydrogen-bond acceptors (Lipinski definition) is 1. The van der Waals surface area contributed by atoms with Crippen molar-refractivity contribution in [3.63, 3.8) is 0 Å². The van der Waals surface area contributed by atoms with Crippen LogP contribution in [-0.2, 0) is 17.8 Å². The Labute approximate surface area is 72.7 Å². The van der Waals surface area contributed by atoms with Crippen LogP contribution < -0.4 is 0 Å². The van der Waals surface area contributed by atoms with Crippen LogP contribution in [0.25, 0.3) is 6.08 Å². The van der Waals surface area contributed by atoms with Crippen LogP contribution in [0.5, 0.6) is 0 Å². The lowest BCUT2D eigenvalue weighted by Crippen LogP contribution is -1.97. The second kappa shape index (κ2) is 3.02. The summed E-state index contributed by atoms with van der Waals surface area (Å²) >= 11 is 0. The van der Waals surface area contributed by atoms with E-state index in [1.54, 1.807) is 6.26 Å². The molecule has 62 valence electrons. The minimum Gasteiger partial charge on any atom is -0.496 e. The second-order valence-electron chi connectivity index (χ2n) is 3.00. The second-order valence-corrected chi connectivity index (χ2v) is 3.00. The first-order valence-corrected chi connectivity index (χ1v) is 4.30. The zero-order valence-electron chi connectivity index (χ0n) is 7.21. The number of hydrogen-bond donors (Lipinski definition) is 0. The Balaban J connectivity index is 2.44. The number of fused-ring (bicyclic) bond motifs is 1. The molecule has 1 heteroatoms. The van der Waals surface area contributed by atoms with Crippen molar-refractivity contribution in [1.82, 2.24) is 0 Å². The van der Waals surface area contributed by atoms with E-state index in [2.05, 4.69) is 25.1 Å². The first-order valence-electron chi connectivity index (χ1n) is 4.30. The van der Waals surface area contributed by atoms with Crippen LogP contribution in [0.1, 0.15) is 23.6 Å². The number of ether oxygens (including phenoxy) is 1. The predicted octanol–water partition coefficient (Wildman–Crippen LogP) is 2.75. The van der Waals surface area contributed by atoms with Crippen LogP contribution in [0, 0.1) is 0 Å². The van der Waals surface area contributed by atoms with Gasteiger partial charge in [0.05, 0.1) is 6.26 Å². The van der Waals surface area contributed by atoms with Crippen molar-refractivity contribution in [3.8, 4) is 0 Å². The van der Waals surface area contributed by atoms with Crippen LogP contribution in [-0.4, -0.2) is 0 Å². The Hall–Kier alpha value is -1.24. The van der Waals surface area contributed by atoms with E-state index >= 15 is 0 Å². The van der Waals surface area contributed by atoms with E-state index in [0.29, 0.717) is 0 Å². The summed E-state index contributed by atoms with van der Waals surface area (Å²) in [4.78, 5) is 0. The van der Waals surface area contributed by atoms with Gasteiger partial charge in [0, 0.05) is 0 Å². The van der Waals surface area contributed by atoms with Gasteiger partial charge in [-0.15, -0.1) is 0 Å². The molecule has 0 saturated carbocycles. The predicted molar refractivity (Wildman–Crippen MR) is 49.6 cm³/mol. The SMILES string of the molecule is CCc1ccc2c(c1)COC=C2. The van der Waals surface area contributed by atoms with Gasteiger partial charge in [-0.05, 0) is 29.2 Å². The highest BCUT2D eigenvalue weighted by Crippen LogP contribution is 2.18. The van der Waals surface area contributed by atoms with Crippen molar-refractivity contribution in [3.05, 3.63) is 41.2 Å². The molecule has 0 atom stereocenters. The first kappa shape index (κ1) is 7.41. The van der Waals surface area contributed by atoms with E-state index in [1.807, 2.05) is 6.08 Å². The summed E-state index contributed by atoms with van der Waals surface area (Å²) in [6.45, 7) is 2.89. The molecular formula is C11H12O. The summed E-state index contributed by atoms with van der Waals surface area (Å²) in [5.41, 5.74) is 3.97. The van der Waals surface area contributed by atoms with Crippen LogP contribution in [0.3, 0.4) is 0 Å². The third kappa shape index (κ3) is 1.22. The first-order chi connectivity index (χ1) is 5.90. The zero-order chi connectivity index (χ0) is 8.39.